The van der Waals surface area contributed by atoms with E-state index in [1.165, 1.54) is 96.3 Å². The van der Waals surface area contributed by atoms with E-state index in [2.05, 4.69) is 6.92 Å². The van der Waals surface area contributed by atoms with Gasteiger partial charge in [-0.05, 0) is 43.9 Å². The van der Waals surface area contributed by atoms with E-state index in [1.54, 1.807) is 0 Å². The number of rotatable bonds is 18. The fourth-order valence-electron chi connectivity index (χ4n) is 4.29. The lowest BCUT2D eigenvalue weighted by atomic mass is 9.88. The second-order valence-corrected chi connectivity index (χ2v) is 10.4. The van der Waals surface area contributed by atoms with Crippen molar-refractivity contribution < 1.29 is 0 Å². The molecular formula is C27H48Cl3N. The van der Waals surface area contributed by atoms with Gasteiger partial charge in [-0.3, -0.25) is 0 Å². The number of hydrogen-bond acceptors (Lipinski definition) is 1. The Bertz CT molecular complexity index is 566. The third kappa shape index (κ3) is 14.0. The van der Waals surface area contributed by atoms with E-state index < -0.39 is 5.54 Å². The zero-order valence-corrected chi connectivity index (χ0v) is 22.7. The minimum absolute atomic E-state index is 0. The van der Waals surface area contributed by atoms with Crippen LogP contribution in [-0.4, -0.2) is 0 Å². The second-order valence-electron chi connectivity index (χ2n) is 9.66. The maximum atomic E-state index is 6.49. The van der Waals surface area contributed by atoms with Crippen LogP contribution in [0.1, 0.15) is 135 Å². The van der Waals surface area contributed by atoms with Crippen LogP contribution in [0.25, 0.3) is 0 Å². The molecule has 1 aromatic carbocycles. The molecule has 2 N–H and O–H groups in total. The van der Waals surface area contributed by atoms with Gasteiger partial charge in [-0.25, -0.2) is 0 Å². The Hall–Kier alpha value is 0.0500. The highest BCUT2D eigenvalue weighted by Crippen LogP contribution is 2.34. The van der Waals surface area contributed by atoms with Gasteiger partial charge in [0.1, 0.15) is 0 Å². The van der Waals surface area contributed by atoms with Crippen LogP contribution in [0, 0.1) is 0 Å². The zero-order chi connectivity index (χ0) is 22.2. The SMILES string of the molecule is CCCCCCCCCCCCCCCCCCc1c(C(C)(C)N)ccc(Cl)c1Cl.Cl. The van der Waals surface area contributed by atoms with Crippen molar-refractivity contribution in [1.29, 1.82) is 0 Å². The summed E-state index contributed by atoms with van der Waals surface area (Å²) in [5, 5.41) is 1.32. The lowest BCUT2D eigenvalue weighted by Gasteiger charge is -2.24. The predicted octanol–water partition coefficient (Wildman–Crippen LogP) is 10.4. The molecule has 0 saturated carbocycles. The van der Waals surface area contributed by atoms with E-state index in [0.29, 0.717) is 10.0 Å². The highest BCUT2D eigenvalue weighted by molar-refractivity contribution is 6.42. The third-order valence-corrected chi connectivity index (χ3v) is 7.01. The molecule has 0 radical (unpaired) electrons. The van der Waals surface area contributed by atoms with Crippen molar-refractivity contribution >= 4 is 35.6 Å². The normalized spacial score (nSPS) is 11.5. The van der Waals surface area contributed by atoms with Crippen molar-refractivity contribution in [3.8, 4) is 0 Å². The predicted molar refractivity (Wildman–Crippen MR) is 144 cm³/mol. The van der Waals surface area contributed by atoms with Crippen LogP contribution in [-0.2, 0) is 12.0 Å². The molecule has 0 amide bonds. The number of hydrogen-bond donors (Lipinski definition) is 1. The Labute approximate surface area is 209 Å². The summed E-state index contributed by atoms with van der Waals surface area (Å²) in [6.45, 7) is 6.35. The Morgan fingerprint density at radius 3 is 1.45 bits per heavy atom. The largest absolute Gasteiger partial charge is 0.322 e. The summed E-state index contributed by atoms with van der Waals surface area (Å²) in [6.07, 6.45) is 23.1. The molecule has 1 nitrogen and oxygen atoms in total. The molecule has 0 heterocycles. The smallest absolute Gasteiger partial charge is 0.0627 e. The Balaban J connectivity index is 0.00000900. The Morgan fingerprint density at radius 1 is 0.677 bits per heavy atom. The van der Waals surface area contributed by atoms with Gasteiger partial charge in [0.15, 0.2) is 0 Å². The topological polar surface area (TPSA) is 26.0 Å². The molecule has 0 fully saturated rings. The molecule has 0 aliphatic rings. The average Bonchev–Trinajstić information content (AvgIpc) is 2.69. The van der Waals surface area contributed by atoms with Crippen LogP contribution in [0.5, 0.6) is 0 Å². The molecule has 1 rings (SSSR count). The Morgan fingerprint density at radius 2 is 1.06 bits per heavy atom. The molecule has 4 heteroatoms. The van der Waals surface area contributed by atoms with Gasteiger partial charge < -0.3 is 5.73 Å². The number of benzene rings is 1. The van der Waals surface area contributed by atoms with Crippen molar-refractivity contribution in [2.75, 3.05) is 0 Å². The van der Waals surface area contributed by atoms with Crippen molar-refractivity contribution in [3.63, 3.8) is 0 Å². The van der Waals surface area contributed by atoms with E-state index in [9.17, 15) is 0 Å². The van der Waals surface area contributed by atoms with E-state index in [-0.39, 0.29) is 12.4 Å². The van der Waals surface area contributed by atoms with Crippen LogP contribution < -0.4 is 5.73 Å². The van der Waals surface area contributed by atoms with Crippen LogP contribution in [0.4, 0.5) is 0 Å². The van der Waals surface area contributed by atoms with Crippen molar-refractivity contribution in [1.82, 2.24) is 0 Å². The van der Waals surface area contributed by atoms with Crippen LogP contribution in [0.3, 0.4) is 0 Å². The first kappa shape index (κ1) is 31.0. The summed E-state index contributed by atoms with van der Waals surface area (Å²) in [4.78, 5) is 0. The van der Waals surface area contributed by atoms with Gasteiger partial charge in [0.25, 0.3) is 0 Å². The van der Waals surface area contributed by atoms with Gasteiger partial charge in [0.2, 0.25) is 0 Å². The number of halogens is 3. The second kappa shape index (κ2) is 18.5. The van der Waals surface area contributed by atoms with Gasteiger partial charge in [0, 0.05) is 5.54 Å². The minimum Gasteiger partial charge on any atom is -0.322 e. The summed E-state index contributed by atoms with van der Waals surface area (Å²) in [5.74, 6) is 0. The van der Waals surface area contributed by atoms with E-state index in [1.807, 2.05) is 26.0 Å². The summed E-state index contributed by atoms with van der Waals surface area (Å²) < 4.78 is 0. The highest BCUT2D eigenvalue weighted by atomic mass is 35.5. The summed E-state index contributed by atoms with van der Waals surface area (Å²) in [7, 11) is 0. The lowest BCUT2D eigenvalue weighted by molar-refractivity contribution is 0.527. The number of nitrogens with two attached hydrogens (primary N) is 1. The maximum absolute atomic E-state index is 6.49. The van der Waals surface area contributed by atoms with Crippen molar-refractivity contribution in [2.45, 2.75) is 135 Å². The fraction of sp³-hybridized carbons (Fsp3) is 0.778. The van der Waals surface area contributed by atoms with Gasteiger partial charge in [0.05, 0.1) is 10.0 Å². The first-order valence-corrected chi connectivity index (χ1v) is 13.4. The maximum Gasteiger partial charge on any atom is 0.0627 e. The molecule has 0 aromatic heterocycles. The average molecular weight is 493 g/mol. The summed E-state index contributed by atoms with van der Waals surface area (Å²) in [5.41, 5.74) is 8.21. The standard InChI is InChI=1S/C27H47Cl2N.ClH/c1-4-5-6-7-8-9-10-11-12-13-14-15-16-17-18-19-20-23-24(27(2,3)30)21-22-25(28)26(23)29;/h21-22H,4-20,30H2,1-3H3;1H. The molecule has 0 unspecified atom stereocenters. The molecule has 0 atom stereocenters. The minimum atomic E-state index is -0.390. The van der Waals surface area contributed by atoms with Crippen LogP contribution in [0.2, 0.25) is 10.0 Å². The van der Waals surface area contributed by atoms with Gasteiger partial charge in [-0.15, -0.1) is 12.4 Å². The summed E-state index contributed by atoms with van der Waals surface area (Å²) in [6, 6.07) is 3.90. The first-order valence-electron chi connectivity index (χ1n) is 12.6. The molecule has 0 bridgehead atoms. The quantitative estimate of drug-likeness (QED) is 0.202. The third-order valence-electron chi connectivity index (χ3n) is 6.17. The monoisotopic (exact) mass is 491 g/mol. The fourth-order valence-corrected chi connectivity index (χ4v) is 4.73. The molecule has 0 spiro atoms. The van der Waals surface area contributed by atoms with Gasteiger partial charge >= 0.3 is 0 Å². The van der Waals surface area contributed by atoms with E-state index in [0.717, 1.165) is 24.0 Å². The number of unbranched alkanes of at least 4 members (excludes halogenated alkanes) is 15. The molecule has 0 saturated heterocycles. The van der Waals surface area contributed by atoms with Gasteiger partial charge in [-0.2, -0.15) is 0 Å². The Kier molecular flexibility index (Phi) is 18.5. The van der Waals surface area contributed by atoms with Crippen molar-refractivity contribution in [3.05, 3.63) is 33.3 Å². The van der Waals surface area contributed by atoms with Crippen molar-refractivity contribution in [2.24, 2.45) is 5.73 Å². The first-order chi connectivity index (χ1) is 14.4. The van der Waals surface area contributed by atoms with E-state index >= 15 is 0 Å². The molecule has 0 aliphatic heterocycles. The highest BCUT2D eigenvalue weighted by Gasteiger charge is 2.21. The molecular weight excluding hydrogens is 445 g/mol. The molecule has 1 aromatic rings. The van der Waals surface area contributed by atoms with Crippen LogP contribution in [0.15, 0.2) is 12.1 Å². The summed E-state index contributed by atoms with van der Waals surface area (Å²) >= 11 is 12.7. The molecule has 31 heavy (non-hydrogen) atoms. The van der Waals surface area contributed by atoms with Gasteiger partial charge in [-0.1, -0.05) is 133 Å². The van der Waals surface area contributed by atoms with E-state index in [4.69, 9.17) is 28.9 Å². The zero-order valence-electron chi connectivity index (χ0n) is 20.4. The molecule has 0 aliphatic carbocycles. The van der Waals surface area contributed by atoms with Crippen LogP contribution >= 0.6 is 35.6 Å². The lowest BCUT2D eigenvalue weighted by Crippen LogP contribution is -2.30. The molecule has 182 valence electrons.